The molecule has 7 heteroatoms. The van der Waals surface area contributed by atoms with Crippen molar-refractivity contribution < 1.29 is 9.84 Å². The lowest BCUT2D eigenvalue weighted by Crippen LogP contribution is -2.40. The molecule has 1 fully saturated rings. The van der Waals surface area contributed by atoms with E-state index in [1.54, 1.807) is 10.9 Å². The second-order valence-corrected chi connectivity index (χ2v) is 8.38. The Labute approximate surface area is 178 Å². The third-order valence-electron chi connectivity index (χ3n) is 6.00. The topological polar surface area (TPSA) is 80.1 Å². The molecule has 3 aromatic rings. The number of nitrogens with one attached hydrogen (secondary N) is 1. The van der Waals surface area contributed by atoms with Gasteiger partial charge in [0, 0.05) is 18.0 Å². The van der Waals surface area contributed by atoms with Crippen LogP contribution in [0, 0.1) is 4.64 Å². The summed E-state index contributed by atoms with van der Waals surface area (Å²) in [4.78, 5) is 21.2. The van der Waals surface area contributed by atoms with E-state index in [1.807, 2.05) is 24.4 Å². The highest BCUT2D eigenvalue weighted by Gasteiger charge is 2.27. The van der Waals surface area contributed by atoms with Gasteiger partial charge in [-0.25, -0.2) is 4.98 Å². The molecule has 2 aromatic heterocycles. The number of aromatic nitrogens is 3. The fraction of sp³-hybridized carbons (Fsp3) is 0.348. The standard InChI is InChI=1S/C23H23N3O3S/c27-20-12-29-8-7-19(20)26-13-25-22-17-4-2-1-3-16(17)15(10-18(22)23(26)28)9-14-5-6-21(30)24-11-14/h3-6,10-11,13,19-20,27H,1-2,7-9,12H2,(H,24,30)/t19-,20-/m0/s1. The summed E-state index contributed by atoms with van der Waals surface area (Å²) in [6, 6.07) is 5.56. The lowest BCUT2D eigenvalue weighted by atomic mass is 9.96. The summed E-state index contributed by atoms with van der Waals surface area (Å²) in [5.74, 6) is 0. The average molecular weight is 422 g/mol. The van der Waals surface area contributed by atoms with Crippen molar-refractivity contribution in [3.8, 4) is 0 Å². The maximum absolute atomic E-state index is 13.4. The highest BCUT2D eigenvalue weighted by atomic mass is 32.1. The van der Waals surface area contributed by atoms with Crippen LogP contribution in [-0.2, 0) is 11.2 Å². The Balaban J connectivity index is 1.71. The molecule has 0 radical (unpaired) electrons. The van der Waals surface area contributed by atoms with Crippen molar-refractivity contribution in [3.63, 3.8) is 0 Å². The number of hydrogen-bond donors (Lipinski definition) is 2. The molecular weight excluding hydrogens is 398 g/mol. The SMILES string of the molecule is O=c1c2cc(Cc3ccc(=S)[nH]c3)c3c(c2ncn1[C@H]1CCOC[C@@H]1O)=CCCC=3. The Hall–Kier alpha value is -2.61. The molecule has 0 amide bonds. The molecule has 0 saturated carbocycles. The fourth-order valence-corrected chi connectivity index (χ4v) is 4.60. The van der Waals surface area contributed by atoms with Crippen LogP contribution in [0.15, 0.2) is 35.5 Å². The van der Waals surface area contributed by atoms with Gasteiger partial charge < -0.3 is 14.8 Å². The van der Waals surface area contributed by atoms with Crippen molar-refractivity contribution in [2.24, 2.45) is 0 Å². The minimum atomic E-state index is -0.708. The Morgan fingerprint density at radius 1 is 1.27 bits per heavy atom. The van der Waals surface area contributed by atoms with Crippen molar-refractivity contribution in [1.82, 2.24) is 14.5 Å². The molecule has 2 N–H and O–H groups in total. The third kappa shape index (κ3) is 3.43. The molecule has 154 valence electrons. The number of nitrogens with zero attached hydrogens (tertiary/aromatic N) is 2. The minimum absolute atomic E-state index is 0.110. The molecule has 1 aliphatic heterocycles. The molecule has 5 rings (SSSR count). The summed E-state index contributed by atoms with van der Waals surface area (Å²) in [5, 5.41) is 13.1. The number of benzene rings is 1. The van der Waals surface area contributed by atoms with Crippen LogP contribution in [0.25, 0.3) is 23.1 Å². The molecule has 0 bridgehead atoms. The quantitative estimate of drug-likeness (QED) is 0.630. The molecule has 2 aliphatic rings. The van der Waals surface area contributed by atoms with Crippen molar-refractivity contribution in [1.29, 1.82) is 0 Å². The largest absolute Gasteiger partial charge is 0.389 e. The van der Waals surface area contributed by atoms with Gasteiger partial charge in [-0.1, -0.05) is 30.4 Å². The first-order valence-corrected chi connectivity index (χ1v) is 10.7. The smallest absolute Gasteiger partial charge is 0.261 e. The first-order valence-electron chi connectivity index (χ1n) is 10.3. The Morgan fingerprint density at radius 3 is 2.87 bits per heavy atom. The van der Waals surface area contributed by atoms with Gasteiger partial charge in [0.05, 0.1) is 36.0 Å². The molecule has 1 aromatic carbocycles. The van der Waals surface area contributed by atoms with E-state index < -0.39 is 6.10 Å². The van der Waals surface area contributed by atoms with Gasteiger partial charge in [0.1, 0.15) is 4.64 Å². The normalized spacial score (nSPS) is 21.0. The number of ether oxygens (including phenoxy) is 1. The molecule has 2 atom stereocenters. The zero-order valence-electron chi connectivity index (χ0n) is 16.5. The lowest BCUT2D eigenvalue weighted by molar-refractivity contribution is -0.0395. The van der Waals surface area contributed by atoms with Crippen LogP contribution < -0.4 is 16.0 Å². The van der Waals surface area contributed by atoms with Crippen LogP contribution in [0.5, 0.6) is 0 Å². The van der Waals surface area contributed by atoms with Crippen LogP contribution in [0.1, 0.15) is 36.4 Å². The number of fused-ring (bicyclic) bond motifs is 3. The molecule has 30 heavy (non-hydrogen) atoms. The predicted molar refractivity (Wildman–Crippen MR) is 118 cm³/mol. The van der Waals surface area contributed by atoms with Gasteiger partial charge in [-0.15, -0.1) is 0 Å². The number of aromatic amines is 1. The first-order chi connectivity index (χ1) is 14.6. The van der Waals surface area contributed by atoms with Gasteiger partial charge in [0.2, 0.25) is 0 Å². The summed E-state index contributed by atoms with van der Waals surface area (Å²) in [5.41, 5.74) is 2.83. The Bertz CT molecular complexity index is 1340. The first kappa shape index (κ1) is 19.4. The lowest BCUT2D eigenvalue weighted by Gasteiger charge is -2.29. The average Bonchev–Trinajstić information content (AvgIpc) is 2.77. The maximum Gasteiger partial charge on any atom is 0.261 e. The molecule has 1 aliphatic carbocycles. The van der Waals surface area contributed by atoms with E-state index >= 15 is 0 Å². The van der Waals surface area contributed by atoms with Gasteiger partial charge in [-0.05, 0) is 54.2 Å². The number of aliphatic hydroxyl groups excluding tert-OH is 1. The third-order valence-corrected chi connectivity index (χ3v) is 6.25. The van der Waals surface area contributed by atoms with Gasteiger partial charge in [0.25, 0.3) is 5.56 Å². The van der Waals surface area contributed by atoms with Crippen LogP contribution in [-0.4, -0.2) is 39.0 Å². The Kier molecular flexibility index (Phi) is 5.10. The van der Waals surface area contributed by atoms with Gasteiger partial charge in [-0.3, -0.25) is 9.36 Å². The van der Waals surface area contributed by atoms with Crippen molar-refractivity contribution >= 4 is 35.3 Å². The van der Waals surface area contributed by atoms with E-state index in [2.05, 4.69) is 22.1 Å². The van der Waals surface area contributed by atoms with E-state index in [0.29, 0.717) is 29.5 Å². The number of aliphatic hydroxyl groups is 1. The van der Waals surface area contributed by atoms with Crippen LogP contribution in [0.2, 0.25) is 0 Å². The number of hydrogen-bond acceptors (Lipinski definition) is 5. The zero-order valence-corrected chi connectivity index (χ0v) is 17.3. The van der Waals surface area contributed by atoms with Crippen molar-refractivity contribution in [2.45, 2.75) is 37.8 Å². The van der Waals surface area contributed by atoms with E-state index in [4.69, 9.17) is 17.0 Å². The highest BCUT2D eigenvalue weighted by molar-refractivity contribution is 7.71. The van der Waals surface area contributed by atoms with Crippen LogP contribution >= 0.6 is 12.2 Å². The van der Waals surface area contributed by atoms with E-state index in [0.717, 1.165) is 39.9 Å². The van der Waals surface area contributed by atoms with Gasteiger partial charge >= 0.3 is 0 Å². The van der Waals surface area contributed by atoms with Crippen LogP contribution in [0.4, 0.5) is 0 Å². The molecular formula is C23H23N3O3S. The number of rotatable bonds is 3. The molecule has 3 heterocycles. The highest BCUT2D eigenvalue weighted by Crippen LogP contribution is 2.20. The molecule has 6 nitrogen and oxygen atoms in total. The minimum Gasteiger partial charge on any atom is -0.389 e. The van der Waals surface area contributed by atoms with Crippen molar-refractivity contribution in [2.75, 3.05) is 13.2 Å². The zero-order chi connectivity index (χ0) is 20.7. The van der Waals surface area contributed by atoms with Crippen molar-refractivity contribution in [3.05, 3.63) is 67.3 Å². The maximum atomic E-state index is 13.4. The summed E-state index contributed by atoms with van der Waals surface area (Å²) in [7, 11) is 0. The predicted octanol–water partition coefficient (Wildman–Crippen LogP) is 1.72. The number of pyridine rings is 1. The monoisotopic (exact) mass is 421 g/mol. The number of H-pyrrole nitrogens is 1. The Morgan fingerprint density at radius 2 is 2.10 bits per heavy atom. The summed E-state index contributed by atoms with van der Waals surface area (Å²) in [6.45, 7) is 0.766. The summed E-state index contributed by atoms with van der Waals surface area (Å²) in [6.07, 6.45) is 10.4. The summed E-state index contributed by atoms with van der Waals surface area (Å²) < 4.78 is 7.60. The van der Waals surface area contributed by atoms with E-state index in [-0.39, 0.29) is 18.2 Å². The van der Waals surface area contributed by atoms with Crippen LogP contribution in [0.3, 0.4) is 0 Å². The second kappa shape index (κ2) is 7.91. The van der Waals surface area contributed by atoms with E-state index in [1.165, 1.54) is 0 Å². The second-order valence-electron chi connectivity index (χ2n) is 7.94. The van der Waals surface area contributed by atoms with Gasteiger partial charge in [-0.2, -0.15) is 0 Å². The summed E-state index contributed by atoms with van der Waals surface area (Å²) >= 11 is 5.15. The molecule has 0 spiro atoms. The molecule has 1 saturated heterocycles. The van der Waals surface area contributed by atoms with Gasteiger partial charge in [0.15, 0.2) is 0 Å². The van der Waals surface area contributed by atoms with E-state index in [9.17, 15) is 9.90 Å². The molecule has 0 unspecified atom stereocenters. The fourth-order valence-electron chi connectivity index (χ4n) is 4.47.